The van der Waals surface area contributed by atoms with Crippen LogP contribution in [0.4, 0.5) is 5.82 Å². The summed E-state index contributed by atoms with van der Waals surface area (Å²) in [5.41, 5.74) is 1.13. The standard InChI is InChI=1S/C20H25ClN4O3S/c1-25(9-8-13-4-7-15(27-2)16(10-13)28-3)18-11-17(21)23-20(24-18)29-12-19(26)22-14-5-6-14/h4,7,10-11,14H,5-6,8-9,12H2,1-3H3,(H,22,26). The number of amides is 1. The van der Waals surface area contributed by atoms with Gasteiger partial charge in [-0.3, -0.25) is 4.79 Å². The predicted octanol–water partition coefficient (Wildman–Crippen LogP) is 3.20. The molecule has 1 aromatic heterocycles. The number of aromatic nitrogens is 2. The van der Waals surface area contributed by atoms with Crippen molar-refractivity contribution in [3.63, 3.8) is 0 Å². The first-order valence-corrected chi connectivity index (χ1v) is 10.7. The van der Waals surface area contributed by atoms with E-state index in [9.17, 15) is 4.79 Å². The Morgan fingerprint density at radius 1 is 1.24 bits per heavy atom. The van der Waals surface area contributed by atoms with Crippen molar-refractivity contribution in [3.05, 3.63) is 35.0 Å². The molecule has 1 aromatic carbocycles. The minimum Gasteiger partial charge on any atom is -0.493 e. The zero-order valence-corrected chi connectivity index (χ0v) is 18.3. The summed E-state index contributed by atoms with van der Waals surface area (Å²) in [6, 6.07) is 7.96. The number of methoxy groups -OCH3 is 2. The first kappa shape index (κ1) is 21.5. The van der Waals surface area contributed by atoms with Gasteiger partial charge in [-0.15, -0.1) is 0 Å². The average Bonchev–Trinajstić information content (AvgIpc) is 3.53. The summed E-state index contributed by atoms with van der Waals surface area (Å²) in [5, 5.41) is 3.81. The van der Waals surface area contributed by atoms with Crippen LogP contribution in [0.5, 0.6) is 11.5 Å². The summed E-state index contributed by atoms with van der Waals surface area (Å²) in [4.78, 5) is 22.7. The Morgan fingerprint density at radius 3 is 2.69 bits per heavy atom. The Balaban J connectivity index is 1.59. The maximum Gasteiger partial charge on any atom is 0.230 e. The van der Waals surface area contributed by atoms with Crippen LogP contribution >= 0.6 is 23.4 Å². The first-order chi connectivity index (χ1) is 14.0. The van der Waals surface area contributed by atoms with Gasteiger partial charge in [0, 0.05) is 25.7 Å². The highest BCUT2D eigenvalue weighted by molar-refractivity contribution is 7.99. The molecule has 1 aliphatic carbocycles. The molecule has 1 fully saturated rings. The van der Waals surface area contributed by atoms with Crippen molar-refractivity contribution >= 4 is 35.1 Å². The number of nitrogens with zero attached hydrogens (tertiary/aromatic N) is 3. The minimum absolute atomic E-state index is 0.00410. The van der Waals surface area contributed by atoms with Gasteiger partial charge in [-0.2, -0.15) is 0 Å². The number of hydrogen-bond donors (Lipinski definition) is 1. The number of ether oxygens (including phenoxy) is 2. The fraction of sp³-hybridized carbons (Fsp3) is 0.450. The second-order valence-electron chi connectivity index (χ2n) is 6.82. The van der Waals surface area contributed by atoms with Gasteiger partial charge in [0.2, 0.25) is 5.91 Å². The minimum atomic E-state index is 0.00410. The molecule has 29 heavy (non-hydrogen) atoms. The fourth-order valence-electron chi connectivity index (χ4n) is 2.72. The maximum atomic E-state index is 11.9. The molecule has 1 aliphatic rings. The molecule has 7 nitrogen and oxygen atoms in total. The van der Waals surface area contributed by atoms with Crippen molar-refractivity contribution in [1.29, 1.82) is 0 Å². The topological polar surface area (TPSA) is 76.6 Å². The molecule has 156 valence electrons. The number of carbonyl (C=O) groups excluding carboxylic acids is 1. The van der Waals surface area contributed by atoms with E-state index >= 15 is 0 Å². The number of thioether (sulfide) groups is 1. The Kier molecular flexibility index (Phi) is 7.44. The Labute approximate surface area is 180 Å². The van der Waals surface area contributed by atoms with Crippen LogP contribution in [0.1, 0.15) is 18.4 Å². The molecule has 0 atom stereocenters. The lowest BCUT2D eigenvalue weighted by Gasteiger charge is -2.19. The number of halogens is 1. The largest absolute Gasteiger partial charge is 0.493 e. The number of carbonyl (C=O) groups is 1. The van der Waals surface area contributed by atoms with Gasteiger partial charge in [-0.1, -0.05) is 29.4 Å². The van der Waals surface area contributed by atoms with Crippen molar-refractivity contribution in [2.45, 2.75) is 30.5 Å². The highest BCUT2D eigenvalue weighted by atomic mass is 35.5. The molecule has 1 amide bonds. The van der Waals surface area contributed by atoms with Gasteiger partial charge in [0.1, 0.15) is 11.0 Å². The smallest absolute Gasteiger partial charge is 0.230 e. The number of hydrogen-bond acceptors (Lipinski definition) is 7. The lowest BCUT2D eigenvalue weighted by molar-refractivity contribution is -0.118. The number of rotatable bonds is 10. The number of likely N-dealkylation sites (N-methyl/N-ethyl adjacent to an activating group) is 1. The van der Waals surface area contributed by atoms with Crippen LogP contribution in [0.15, 0.2) is 29.4 Å². The summed E-state index contributed by atoms with van der Waals surface area (Å²) < 4.78 is 10.6. The van der Waals surface area contributed by atoms with E-state index in [4.69, 9.17) is 21.1 Å². The van der Waals surface area contributed by atoms with E-state index in [1.165, 1.54) is 11.8 Å². The van der Waals surface area contributed by atoms with Gasteiger partial charge in [0.25, 0.3) is 0 Å². The normalized spacial score (nSPS) is 13.1. The molecule has 3 rings (SSSR count). The van der Waals surface area contributed by atoms with E-state index in [1.807, 2.05) is 30.1 Å². The van der Waals surface area contributed by atoms with Crippen molar-refractivity contribution in [2.75, 3.05) is 38.5 Å². The summed E-state index contributed by atoms with van der Waals surface area (Å²) in [5.74, 6) is 2.42. The molecule has 1 saturated carbocycles. The molecule has 0 unspecified atom stereocenters. The van der Waals surface area contributed by atoms with Crippen LogP contribution in [0.3, 0.4) is 0 Å². The summed E-state index contributed by atoms with van der Waals surface area (Å²) in [6.07, 6.45) is 2.93. The van der Waals surface area contributed by atoms with Gasteiger partial charge in [-0.25, -0.2) is 9.97 Å². The van der Waals surface area contributed by atoms with Gasteiger partial charge in [0.05, 0.1) is 20.0 Å². The summed E-state index contributed by atoms with van der Waals surface area (Å²) >= 11 is 7.46. The van der Waals surface area contributed by atoms with Crippen LogP contribution in [0.2, 0.25) is 5.15 Å². The lowest BCUT2D eigenvalue weighted by Crippen LogP contribution is -2.27. The second-order valence-corrected chi connectivity index (χ2v) is 8.15. The number of nitrogens with one attached hydrogen (secondary N) is 1. The molecule has 2 aromatic rings. The molecular formula is C20H25ClN4O3S. The number of benzene rings is 1. The van der Waals surface area contributed by atoms with E-state index in [0.717, 1.165) is 37.2 Å². The molecule has 0 radical (unpaired) electrons. The first-order valence-electron chi connectivity index (χ1n) is 9.37. The quantitative estimate of drug-likeness (QED) is 0.348. The summed E-state index contributed by atoms with van der Waals surface area (Å²) in [7, 11) is 5.20. The molecule has 1 heterocycles. The molecule has 1 N–H and O–H groups in total. The van der Waals surface area contributed by atoms with E-state index in [2.05, 4.69) is 15.3 Å². The summed E-state index contributed by atoms with van der Waals surface area (Å²) in [6.45, 7) is 0.731. The van der Waals surface area contributed by atoms with E-state index in [0.29, 0.717) is 27.9 Å². The highest BCUT2D eigenvalue weighted by Gasteiger charge is 2.23. The van der Waals surface area contributed by atoms with Crippen LogP contribution in [-0.2, 0) is 11.2 Å². The van der Waals surface area contributed by atoms with Crippen LogP contribution in [0, 0.1) is 0 Å². The third kappa shape index (κ3) is 6.40. The van der Waals surface area contributed by atoms with Gasteiger partial charge < -0.3 is 19.7 Å². The van der Waals surface area contributed by atoms with Gasteiger partial charge in [0.15, 0.2) is 16.7 Å². The van der Waals surface area contributed by atoms with Crippen molar-refractivity contribution in [3.8, 4) is 11.5 Å². The van der Waals surface area contributed by atoms with Crippen LogP contribution in [0.25, 0.3) is 0 Å². The molecule has 0 saturated heterocycles. The molecule has 0 bridgehead atoms. The fourth-order valence-corrected chi connectivity index (χ4v) is 3.61. The molecule has 0 spiro atoms. The predicted molar refractivity (Wildman–Crippen MR) is 115 cm³/mol. The van der Waals surface area contributed by atoms with E-state index < -0.39 is 0 Å². The average molecular weight is 437 g/mol. The van der Waals surface area contributed by atoms with Crippen LogP contribution in [-0.4, -0.2) is 55.5 Å². The Hall–Kier alpha value is -2.19. The Morgan fingerprint density at radius 2 is 2.00 bits per heavy atom. The zero-order chi connectivity index (χ0) is 20.8. The van der Waals surface area contributed by atoms with Crippen molar-refractivity contribution < 1.29 is 14.3 Å². The molecular weight excluding hydrogens is 412 g/mol. The molecule has 9 heteroatoms. The SMILES string of the molecule is COc1ccc(CCN(C)c2cc(Cl)nc(SCC(=O)NC3CC3)n2)cc1OC. The second kappa shape index (κ2) is 10.0. The maximum absolute atomic E-state index is 11.9. The van der Waals surface area contributed by atoms with Crippen LogP contribution < -0.4 is 19.7 Å². The van der Waals surface area contributed by atoms with Gasteiger partial charge >= 0.3 is 0 Å². The third-order valence-electron chi connectivity index (χ3n) is 4.51. The zero-order valence-electron chi connectivity index (χ0n) is 16.8. The van der Waals surface area contributed by atoms with E-state index in [-0.39, 0.29) is 11.7 Å². The van der Waals surface area contributed by atoms with Gasteiger partial charge in [-0.05, 0) is 37.0 Å². The lowest BCUT2D eigenvalue weighted by atomic mass is 10.1. The molecule has 0 aliphatic heterocycles. The highest BCUT2D eigenvalue weighted by Crippen LogP contribution is 2.28. The van der Waals surface area contributed by atoms with Crippen molar-refractivity contribution in [1.82, 2.24) is 15.3 Å². The van der Waals surface area contributed by atoms with Crippen molar-refractivity contribution in [2.24, 2.45) is 0 Å². The van der Waals surface area contributed by atoms with E-state index in [1.54, 1.807) is 20.3 Å². The third-order valence-corrected chi connectivity index (χ3v) is 5.55. The monoisotopic (exact) mass is 436 g/mol. The number of anilines is 1. The Bertz CT molecular complexity index is 864.